The average molecular weight is 795 g/mol. The van der Waals surface area contributed by atoms with Crippen LogP contribution in [0.15, 0.2) is 95.8 Å². The number of fused-ring (bicyclic) bond motifs is 1. The zero-order chi connectivity index (χ0) is 41.0. The van der Waals surface area contributed by atoms with Crippen LogP contribution in [0.25, 0.3) is 22.6 Å². The van der Waals surface area contributed by atoms with Crippen LogP contribution >= 0.6 is 0 Å². The number of benzene rings is 3. The molecule has 1 aliphatic rings. The van der Waals surface area contributed by atoms with Gasteiger partial charge in [0.1, 0.15) is 50.6 Å². The van der Waals surface area contributed by atoms with Crippen molar-refractivity contribution in [2.75, 3.05) is 18.5 Å². The summed E-state index contributed by atoms with van der Waals surface area (Å²) in [7, 11) is 0. The highest BCUT2D eigenvalue weighted by molar-refractivity contribution is 5.91. The molecular weight excluding hydrogens is 752 g/mol. The summed E-state index contributed by atoms with van der Waals surface area (Å²) in [5.41, 5.74) is 1.54. The molecule has 58 heavy (non-hydrogen) atoms. The van der Waals surface area contributed by atoms with Crippen LogP contribution in [0, 0.1) is 5.92 Å². The quantitative estimate of drug-likeness (QED) is 0.0922. The van der Waals surface area contributed by atoms with E-state index in [-0.39, 0.29) is 61.3 Å². The molecule has 0 aliphatic carbocycles. The molecule has 3 aromatic carbocycles. The lowest BCUT2D eigenvalue weighted by atomic mass is 10.1. The highest BCUT2D eigenvalue weighted by atomic mass is 16.6. The molecule has 0 spiro atoms. The molecule has 0 saturated carbocycles. The van der Waals surface area contributed by atoms with E-state index in [2.05, 4.69) is 25.6 Å². The number of esters is 3. The second kappa shape index (κ2) is 19.3. The first-order valence-corrected chi connectivity index (χ1v) is 18.6. The Labute approximate surface area is 332 Å². The lowest BCUT2D eigenvalue weighted by Gasteiger charge is -2.19. The number of amides is 2. The summed E-state index contributed by atoms with van der Waals surface area (Å²) < 4.78 is 29.6. The second-order valence-corrected chi connectivity index (χ2v) is 13.5. The molecule has 302 valence electrons. The van der Waals surface area contributed by atoms with Gasteiger partial charge in [-0.25, -0.2) is 9.78 Å². The fraction of sp³-hybridized carbons (Fsp3) is 0.317. The van der Waals surface area contributed by atoms with E-state index < -0.39 is 67.1 Å². The van der Waals surface area contributed by atoms with Crippen molar-refractivity contribution in [2.24, 2.45) is 5.92 Å². The number of rotatable bonds is 16. The van der Waals surface area contributed by atoms with E-state index >= 15 is 0 Å². The zero-order valence-corrected chi connectivity index (χ0v) is 31.8. The van der Waals surface area contributed by atoms with Crippen molar-refractivity contribution in [3.63, 3.8) is 0 Å². The number of anilines is 1. The summed E-state index contributed by atoms with van der Waals surface area (Å²) in [4.78, 5) is 88.2. The largest absolute Gasteiger partial charge is 0.461 e. The van der Waals surface area contributed by atoms with E-state index in [1.54, 1.807) is 79.1 Å². The molecule has 6 rings (SSSR count). The number of hydrogen-bond acceptors (Lipinski definition) is 13. The number of aromatic nitrogens is 4. The third-order valence-corrected chi connectivity index (χ3v) is 8.87. The van der Waals surface area contributed by atoms with Crippen molar-refractivity contribution in [2.45, 2.75) is 64.8 Å². The first kappa shape index (κ1) is 40.8. The van der Waals surface area contributed by atoms with Gasteiger partial charge in [0.15, 0.2) is 11.2 Å². The van der Waals surface area contributed by atoms with Gasteiger partial charge in [-0.1, -0.05) is 105 Å². The second-order valence-electron chi connectivity index (χ2n) is 13.5. The van der Waals surface area contributed by atoms with Crippen LogP contribution in [0.5, 0.6) is 0 Å². The zero-order valence-electron chi connectivity index (χ0n) is 31.8. The molecule has 1 fully saturated rings. The highest BCUT2D eigenvalue weighted by Gasteiger charge is 2.42. The van der Waals surface area contributed by atoms with E-state index in [0.717, 1.165) is 11.1 Å². The van der Waals surface area contributed by atoms with Crippen LogP contribution in [0.2, 0.25) is 0 Å². The predicted octanol–water partition coefficient (Wildman–Crippen LogP) is 4.57. The molecule has 17 nitrogen and oxygen atoms in total. The molecule has 0 radical (unpaired) electrons. The number of hydrogen-bond donors (Lipinski definition) is 3. The number of aromatic amines is 1. The van der Waals surface area contributed by atoms with Gasteiger partial charge in [-0.2, -0.15) is 4.98 Å². The SMILES string of the molecule is CC(C)C(=O)Nc1nc2c(nc(-c3ccccc3)n2[C@H]2C[C@@H](OC(=O)CCC(=O)OCc3ccccc3)[C@@H](COC(=O)NCC(=O)OCc3ccccc3)O2)c(=O)[nH]1. The molecule has 3 heterocycles. The lowest BCUT2D eigenvalue weighted by Crippen LogP contribution is -2.36. The first-order chi connectivity index (χ1) is 28.0. The number of carbonyl (C=O) groups is 5. The normalized spacial score (nSPS) is 16.1. The third kappa shape index (κ3) is 10.9. The Hall–Kier alpha value is -6.88. The van der Waals surface area contributed by atoms with Crippen molar-refractivity contribution >= 4 is 47.0 Å². The number of carbonyl (C=O) groups excluding carboxylic acids is 5. The van der Waals surface area contributed by atoms with Gasteiger partial charge in [0, 0.05) is 17.9 Å². The van der Waals surface area contributed by atoms with Gasteiger partial charge in [0.2, 0.25) is 11.9 Å². The van der Waals surface area contributed by atoms with Gasteiger partial charge in [-0.15, -0.1) is 0 Å². The molecule has 2 aromatic heterocycles. The average Bonchev–Trinajstić information content (AvgIpc) is 3.82. The van der Waals surface area contributed by atoms with E-state index in [0.29, 0.717) is 5.56 Å². The number of H-pyrrole nitrogens is 1. The molecule has 1 saturated heterocycles. The van der Waals surface area contributed by atoms with Crippen LogP contribution in [-0.2, 0) is 56.1 Å². The minimum Gasteiger partial charge on any atom is -0.461 e. The standard InChI is InChI=1S/C41H42N6O11/c1-25(2)38(51)45-40-44-37-35(39(52)46-40)43-36(28-16-10-5-11-17-28)47(37)31-20-29(58-33(49)19-18-32(48)54-22-26-12-6-3-7-13-26)30(57-31)24-56-41(53)42-21-34(50)55-23-27-14-8-4-9-15-27/h3-17,25,29-31H,18-24H2,1-2H3,(H,42,53)(H2,44,45,46,51,52)/t29-,30-,31-/m1/s1. The van der Waals surface area contributed by atoms with Crippen LogP contribution in [0.3, 0.4) is 0 Å². The summed E-state index contributed by atoms with van der Waals surface area (Å²) in [5, 5.41) is 4.94. The molecule has 5 aromatic rings. The maximum atomic E-state index is 13.3. The Bertz CT molecular complexity index is 2280. The van der Waals surface area contributed by atoms with Gasteiger partial charge in [0.25, 0.3) is 5.56 Å². The number of alkyl carbamates (subject to hydrolysis) is 1. The Morgan fingerprint density at radius 3 is 2.05 bits per heavy atom. The van der Waals surface area contributed by atoms with Crippen LogP contribution in [-0.4, -0.2) is 74.8 Å². The van der Waals surface area contributed by atoms with E-state index in [1.165, 1.54) is 0 Å². The van der Waals surface area contributed by atoms with Crippen molar-refractivity contribution in [1.29, 1.82) is 0 Å². The Balaban J connectivity index is 1.19. The fourth-order valence-corrected chi connectivity index (χ4v) is 5.88. The van der Waals surface area contributed by atoms with Gasteiger partial charge in [-0.05, 0) is 11.1 Å². The molecule has 1 aliphatic heterocycles. The van der Waals surface area contributed by atoms with Gasteiger partial charge >= 0.3 is 24.0 Å². The number of nitrogens with one attached hydrogen (secondary N) is 3. The molecule has 2 amide bonds. The molecule has 0 unspecified atom stereocenters. The van der Waals surface area contributed by atoms with Gasteiger partial charge in [0.05, 0.1) is 12.8 Å². The maximum absolute atomic E-state index is 13.3. The molecule has 3 atom stereocenters. The predicted molar refractivity (Wildman–Crippen MR) is 207 cm³/mol. The van der Waals surface area contributed by atoms with E-state index in [4.69, 9.17) is 23.7 Å². The molecular formula is C41H42N6O11. The first-order valence-electron chi connectivity index (χ1n) is 18.6. The smallest absolute Gasteiger partial charge is 0.407 e. The third-order valence-electron chi connectivity index (χ3n) is 8.87. The van der Waals surface area contributed by atoms with Crippen LogP contribution in [0.1, 0.15) is 50.5 Å². The van der Waals surface area contributed by atoms with Crippen molar-refractivity contribution in [1.82, 2.24) is 24.8 Å². The maximum Gasteiger partial charge on any atom is 0.407 e. The van der Waals surface area contributed by atoms with Crippen molar-refractivity contribution < 1.29 is 47.7 Å². The van der Waals surface area contributed by atoms with Crippen molar-refractivity contribution in [3.05, 3.63) is 112 Å². The Kier molecular flexibility index (Phi) is 13.6. The number of imidazole rings is 1. The summed E-state index contributed by atoms with van der Waals surface area (Å²) in [6, 6.07) is 27.0. The van der Waals surface area contributed by atoms with E-state index in [9.17, 15) is 28.8 Å². The van der Waals surface area contributed by atoms with E-state index in [1.807, 2.05) is 30.3 Å². The summed E-state index contributed by atoms with van der Waals surface area (Å²) >= 11 is 0. The number of nitrogens with zero attached hydrogens (tertiary/aromatic N) is 3. The topological polar surface area (TPSA) is 219 Å². The molecule has 17 heteroatoms. The van der Waals surface area contributed by atoms with Crippen LogP contribution < -0.4 is 16.2 Å². The van der Waals surface area contributed by atoms with Crippen LogP contribution in [0.4, 0.5) is 10.7 Å². The molecule has 3 N–H and O–H groups in total. The minimum absolute atomic E-state index is 0.0196. The minimum atomic E-state index is -1.07. The monoisotopic (exact) mass is 794 g/mol. The Morgan fingerprint density at radius 2 is 1.41 bits per heavy atom. The lowest BCUT2D eigenvalue weighted by molar-refractivity contribution is -0.157. The summed E-state index contributed by atoms with van der Waals surface area (Å²) in [6.07, 6.45) is -4.67. The van der Waals surface area contributed by atoms with Gasteiger partial charge in [-0.3, -0.25) is 38.8 Å². The number of ether oxygens (including phenoxy) is 5. The highest BCUT2D eigenvalue weighted by Crippen LogP contribution is 2.37. The van der Waals surface area contributed by atoms with Gasteiger partial charge < -0.3 is 29.0 Å². The molecule has 0 bridgehead atoms. The fourth-order valence-electron chi connectivity index (χ4n) is 5.88. The summed E-state index contributed by atoms with van der Waals surface area (Å²) in [6.45, 7) is 2.52. The van der Waals surface area contributed by atoms with Crippen molar-refractivity contribution in [3.8, 4) is 11.4 Å². The summed E-state index contributed by atoms with van der Waals surface area (Å²) in [5.74, 6) is -2.67. The Morgan fingerprint density at radius 1 is 0.810 bits per heavy atom.